The van der Waals surface area contributed by atoms with E-state index in [4.69, 9.17) is 15.0 Å². The fourth-order valence-electron chi connectivity index (χ4n) is 8.25. The molecule has 4 heteroatoms. The molecule has 0 aliphatic rings. The maximum atomic E-state index is 5.13. The molecular weight excluding hydrogens is 735 g/mol. The van der Waals surface area contributed by atoms with E-state index < -0.39 is 0 Å². The van der Waals surface area contributed by atoms with Crippen LogP contribution in [0.1, 0.15) is 0 Å². The zero-order valence-corrected chi connectivity index (χ0v) is 32.8. The number of thiophene rings is 1. The lowest BCUT2D eigenvalue weighted by Gasteiger charge is -2.14. The molecule has 2 heterocycles. The lowest BCUT2D eigenvalue weighted by Crippen LogP contribution is -2.01. The first kappa shape index (κ1) is 34.7. The van der Waals surface area contributed by atoms with Crippen LogP contribution in [-0.2, 0) is 0 Å². The maximum Gasteiger partial charge on any atom is 0.164 e. The van der Waals surface area contributed by atoms with Crippen molar-refractivity contribution in [3.05, 3.63) is 212 Å². The van der Waals surface area contributed by atoms with Gasteiger partial charge in [0.15, 0.2) is 17.5 Å². The molecule has 0 N–H and O–H groups in total. The van der Waals surface area contributed by atoms with Crippen LogP contribution < -0.4 is 0 Å². The number of nitrogens with zero attached hydrogens (tertiary/aromatic N) is 3. The van der Waals surface area contributed by atoms with Crippen LogP contribution >= 0.6 is 11.3 Å². The Morgan fingerprint density at radius 2 is 0.797 bits per heavy atom. The van der Waals surface area contributed by atoms with Gasteiger partial charge in [0.05, 0.1) is 0 Å². The van der Waals surface area contributed by atoms with Crippen molar-refractivity contribution in [3.63, 3.8) is 0 Å². The van der Waals surface area contributed by atoms with Crippen LogP contribution in [0, 0.1) is 0 Å². The summed E-state index contributed by atoms with van der Waals surface area (Å²) in [4.78, 5) is 15.2. The Morgan fingerprint density at radius 3 is 1.59 bits per heavy atom. The first-order valence-corrected chi connectivity index (χ1v) is 20.7. The molecule has 0 saturated carbocycles. The molecule has 0 saturated heterocycles. The van der Waals surface area contributed by atoms with Crippen LogP contribution in [0.5, 0.6) is 0 Å². The second-order valence-corrected chi connectivity index (χ2v) is 15.8. The maximum absolute atomic E-state index is 5.13. The molecule has 0 aliphatic heterocycles. The van der Waals surface area contributed by atoms with E-state index in [1.54, 1.807) is 0 Å². The molecule has 0 bridgehead atoms. The summed E-state index contributed by atoms with van der Waals surface area (Å²) >= 11 is 1.87. The van der Waals surface area contributed by atoms with Gasteiger partial charge in [-0.15, -0.1) is 11.3 Å². The van der Waals surface area contributed by atoms with E-state index in [-0.39, 0.29) is 0 Å². The van der Waals surface area contributed by atoms with Gasteiger partial charge in [-0.1, -0.05) is 188 Å². The van der Waals surface area contributed by atoms with Crippen molar-refractivity contribution in [2.45, 2.75) is 0 Å². The summed E-state index contributed by atoms with van der Waals surface area (Å²) in [5, 5.41) is 5.04. The normalized spacial score (nSPS) is 11.4. The van der Waals surface area contributed by atoms with Crippen LogP contribution in [0.2, 0.25) is 0 Å². The van der Waals surface area contributed by atoms with E-state index in [1.807, 2.05) is 53.8 Å². The van der Waals surface area contributed by atoms with E-state index in [2.05, 4.69) is 170 Å². The molecule has 11 aromatic rings. The molecule has 0 spiro atoms. The Balaban J connectivity index is 0.999. The van der Waals surface area contributed by atoms with E-state index in [0.717, 1.165) is 33.4 Å². The topological polar surface area (TPSA) is 38.7 Å². The molecule has 0 unspecified atom stereocenters. The zero-order valence-electron chi connectivity index (χ0n) is 32.0. The highest BCUT2D eigenvalue weighted by Crippen LogP contribution is 2.42. The number of benzene rings is 9. The quantitative estimate of drug-likeness (QED) is 0.162. The monoisotopic (exact) mass is 769 g/mol. The van der Waals surface area contributed by atoms with Crippen LogP contribution in [0.15, 0.2) is 212 Å². The Hall–Kier alpha value is -7.53. The van der Waals surface area contributed by atoms with Crippen LogP contribution in [0.3, 0.4) is 0 Å². The van der Waals surface area contributed by atoms with Gasteiger partial charge in [-0.2, -0.15) is 0 Å². The van der Waals surface area contributed by atoms with Crippen molar-refractivity contribution in [1.82, 2.24) is 15.0 Å². The first-order chi connectivity index (χ1) is 29.2. The number of aromatic nitrogens is 3. The average molecular weight is 770 g/mol. The molecular formula is C55H35N3S. The molecule has 3 nitrogen and oxygen atoms in total. The van der Waals surface area contributed by atoms with Crippen molar-refractivity contribution in [2.24, 2.45) is 0 Å². The minimum Gasteiger partial charge on any atom is -0.208 e. The summed E-state index contributed by atoms with van der Waals surface area (Å²) in [6, 6.07) is 75.3. The van der Waals surface area contributed by atoms with Crippen molar-refractivity contribution >= 4 is 42.3 Å². The minimum atomic E-state index is 0.632. The third-order valence-corrected chi connectivity index (χ3v) is 12.4. The second-order valence-electron chi connectivity index (χ2n) is 14.8. The van der Waals surface area contributed by atoms with Crippen LogP contribution in [0.4, 0.5) is 0 Å². The third kappa shape index (κ3) is 6.46. The molecule has 9 aromatic carbocycles. The number of hydrogen-bond acceptors (Lipinski definition) is 4. The Bertz CT molecular complexity index is 3320. The minimum absolute atomic E-state index is 0.632. The highest BCUT2D eigenvalue weighted by Gasteiger charge is 2.17. The van der Waals surface area contributed by atoms with Gasteiger partial charge in [-0.25, -0.2) is 15.0 Å². The number of hydrogen-bond donors (Lipinski definition) is 0. The molecule has 0 fully saturated rings. The fraction of sp³-hybridized carbons (Fsp3) is 0. The second kappa shape index (κ2) is 14.8. The summed E-state index contributed by atoms with van der Waals surface area (Å²) in [7, 11) is 0. The van der Waals surface area contributed by atoms with Gasteiger partial charge in [0.2, 0.25) is 0 Å². The molecule has 0 aliphatic carbocycles. The Morgan fingerprint density at radius 1 is 0.271 bits per heavy atom. The molecule has 2 aromatic heterocycles. The Labute approximate surface area is 346 Å². The first-order valence-electron chi connectivity index (χ1n) is 19.8. The van der Waals surface area contributed by atoms with Gasteiger partial charge in [-0.3, -0.25) is 0 Å². The lowest BCUT2D eigenvalue weighted by molar-refractivity contribution is 1.07. The highest BCUT2D eigenvalue weighted by atomic mass is 32.1. The van der Waals surface area contributed by atoms with Gasteiger partial charge < -0.3 is 0 Å². The number of rotatable bonds is 7. The zero-order chi connectivity index (χ0) is 39.1. The molecule has 0 atom stereocenters. The van der Waals surface area contributed by atoms with Gasteiger partial charge in [0.25, 0.3) is 0 Å². The molecule has 276 valence electrons. The SMILES string of the molecule is c1ccc(-c2nc(-c3ccc(-c4cc(-c5cccc(-c6cccc7c6sc6ccccc67)c5)cc5ccccc45)cc3)nc(-c3ccccc3-c3ccccc3)n2)cc1. The van der Waals surface area contributed by atoms with E-state index in [0.29, 0.717) is 17.5 Å². The van der Waals surface area contributed by atoms with Crippen molar-refractivity contribution in [2.75, 3.05) is 0 Å². The summed E-state index contributed by atoms with van der Waals surface area (Å²) < 4.78 is 2.64. The van der Waals surface area contributed by atoms with Crippen LogP contribution in [0.25, 0.3) is 110 Å². The van der Waals surface area contributed by atoms with Crippen molar-refractivity contribution in [3.8, 4) is 78.7 Å². The fourth-order valence-corrected chi connectivity index (χ4v) is 9.48. The summed E-state index contributed by atoms with van der Waals surface area (Å²) in [5.74, 6) is 1.91. The predicted octanol–water partition coefficient (Wildman–Crippen LogP) is 15.1. The molecule has 0 amide bonds. The number of fused-ring (bicyclic) bond motifs is 4. The van der Waals surface area contributed by atoms with Crippen molar-refractivity contribution in [1.29, 1.82) is 0 Å². The molecule has 59 heavy (non-hydrogen) atoms. The summed E-state index contributed by atoms with van der Waals surface area (Å²) in [6.07, 6.45) is 0. The van der Waals surface area contributed by atoms with Gasteiger partial charge >= 0.3 is 0 Å². The van der Waals surface area contributed by atoms with Crippen molar-refractivity contribution < 1.29 is 0 Å². The third-order valence-electron chi connectivity index (χ3n) is 11.1. The molecule has 11 rings (SSSR count). The summed E-state index contributed by atoms with van der Waals surface area (Å²) in [5.41, 5.74) is 12.2. The lowest BCUT2D eigenvalue weighted by atomic mass is 9.91. The largest absolute Gasteiger partial charge is 0.208 e. The Kier molecular flexibility index (Phi) is 8.68. The van der Waals surface area contributed by atoms with E-state index in [9.17, 15) is 0 Å². The smallest absolute Gasteiger partial charge is 0.164 e. The highest BCUT2D eigenvalue weighted by molar-refractivity contribution is 7.26. The van der Waals surface area contributed by atoms with Crippen LogP contribution in [-0.4, -0.2) is 15.0 Å². The predicted molar refractivity (Wildman–Crippen MR) is 248 cm³/mol. The van der Waals surface area contributed by atoms with Gasteiger partial charge in [0, 0.05) is 36.9 Å². The standard InChI is InChI=1S/C55H35N3S/c1-3-15-36(16-4-1)44-22-9-10-25-49(44)55-57-53(38-17-5-2-6-18-38)56-54(58-55)39-31-29-37(30-32-39)50-35-43(34-41-19-7-8-23-45(41)50)40-20-13-21-42(33-40)46-26-14-27-48-47-24-11-12-28-51(47)59-52(46)48/h1-35H. The molecule has 0 radical (unpaired) electrons. The average Bonchev–Trinajstić information content (AvgIpc) is 3.71. The van der Waals surface area contributed by atoms with Gasteiger partial charge in [0.1, 0.15) is 0 Å². The van der Waals surface area contributed by atoms with E-state index in [1.165, 1.54) is 58.8 Å². The van der Waals surface area contributed by atoms with Gasteiger partial charge in [-0.05, 0) is 79.5 Å². The van der Waals surface area contributed by atoms with E-state index >= 15 is 0 Å². The summed E-state index contributed by atoms with van der Waals surface area (Å²) in [6.45, 7) is 0.